The van der Waals surface area contributed by atoms with Crippen LogP contribution in [0.5, 0.6) is 0 Å². The highest BCUT2D eigenvalue weighted by Gasteiger charge is 2.13. The van der Waals surface area contributed by atoms with Gasteiger partial charge in [0.1, 0.15) is 5.82 Å². The van der Waals surface area contributed by atoms with Crippen LogP contribution in [0.2, 0.25) is 0 Å². The number of carbonyl (C=O) groups excluding carboxylic acids is 2. The average Bonchev–Trinajstić information content (AvgIpc) is 3.01. The molecular weight excluding hydrogens is 385 g/mol. The highest BCUT2D eigenvalue weighted by molar-refractivity contribution is 5.95. The van der Waals surface area contributed by atoms with Gasteiger partial charge in [-0.15, -0.1) is 0 Å². The minimum atomic E-state index is -0.625. The lowest BCUT2D eigenvalue weighted by molar-refractivity contribution is 0.0526. The molecule has 1 amide bonds. The van der Waals surface area contributed by atoms with Crippen molar-refractivity contribution in [2.75, 3.05) is 6.61 Å². The minimum absolute atomic E-state index is 0.0732. The van der Waals surface area contributed by atoms with Crippen LogP contribution in [0.3, 0.4) is 0 Å². The third-order valence-electron chi connectivity index (χ3n) is 4.57. The molecule has 1 aromatic heterocycles. The molecule has 0 spiro atoms. The highest BCUT2D eigenvalue weighted by atomic mass is 19.1. The van der Waals surface area contributed by atoms with Gasteiger partial charge in [-0.2, -0.15) is 5.10 Å². The number of hydrazone groups is 1. The number of aromatic nitrogens is 1. The van der Waals surface area contributed by atoms with Gasteiger partial charge in [0.05, 0.1) is 23.9 Å². The summed E-state index contributed by atoms with van der Waals surface area (Å²) in [6.45, 7) is 5.91. The molecule has 1 heterocycles. The second-order valence-electron chi connectivity index (χ2n) is 6.61. The summed E-state index contributed by atoms with van der Waals surface area (Å²) >= 11 is 0. The SMILES string of the molecule is CCOC(=O)c1cccc(-n2c(C)cc(/C=N\NC(=O)c3ccccc3F)c2C)c1. The summed E-state index contributed by atoms with van der Waals surface area (Å²) < 4.78 is 20.7. The van der Waals surface area contributed by atoms with Crippen molar-refractivity contribution in [3.8, 4) is 5.69 Å². The molecule has 0 atom stereocenters. The molecule has 1 N–H and O–H groups in total. The number of esters is 1. The van der Waals surface area contributed by atoms with Gasteiger partial charge in [-0.05, 0) is 57.2 Å². The molecule has 6 nitrogen and oxygen atoms in total. The number of hydrogen-bond donors (Lipinski definition) is 1. The first-order valence-electron chi connectivity index (χ1n) is 9.46. The Balaban J connectivity index is 1.82. The smallest absolute Gasteiger partial charge is 0.338 e. The van der Waals surface area contributed by atoms with Gasteiger partial charge in [-0.25, -0.2) is 14.6 Å². The number of amides is 1. The summed E-state index contributed by atoms with van der Waals surface area (Å²) in [5.74, 6) is -1.61. The first-order chi connectivity index (χ1) is 14.4. The number of hydrogen-bond acceptors (Lipinski definition) is 4. The van der Waals surface area contributed by atoms with Gasteiger partial charge >= 0.3 is 5.97 Å². The Morgan fingerprint density at radius 2 is 1.90 bits per heavy atom. The van der Waals surface area contributed by atoms with Crippen LogP contribution in [0.25, 0.3) is 5.69 Å². The zero-order valence-corrected chi connectivity index (χ0v) is 17.0. The molecule has 154 valence electrons. The molecule has 0 radical (unpaired) electrons. The predicted molar refractivity (Wildman–Crippen MR) is 113 cm³/mol. The van der Waals surface area contributed by atoms with E-state index in [2.05, 4.69) is 10.5 Å². The molecule has 0 bridgehead atoms. The van der Waals surface area contributed by atoms with Crippen LogP contribution in [0.1, 0.15) is 44.6 Å². The van der Waals surface area contributed by atoms with Crippen LogP contribution in [0, 0.1) is 19.7 Å². The first-order valence-corrected chi connectivity index (χ1v) is 9.46. The van der Waals surface area contributed by atoms with E-state index < -0.39 is 11.7 Å². The Morgan fingerprint density at radius 1 is 1.13 bits per heavy atom. The molecule has 2 aromatic carbocycles. The molecule has 0 fully saturated rings. The van der Waals surface area contributed by atoms with E-state index >= 15 is 0 Å². The number of halogens is 1. The van der Waals surface area contributed by atoms with Crippen molar-refractivity contribution in [2.45, 2.75) is 20.8 Å². The maximum Gasteiger partial charge on any atom is 0.338 e. The molecule has 0 aliphatic carbocycles. The van der Waals surface area contributed by atoms with Gasteiger partial charge < -0.3 is 9.30 Å². The molecule has 7 heteroatoms. The third kappa shape index (κ3) is 4.46. The van der Waals surface area contributed by atoms with Crippen LogP contribution in [0.4, 0.5) is 4.39 Å². The Labute approximate surface area is 174 Å². The molecule has 0 saturated carbocycles. The van der Waals surface area contributed by atoms with Gasteiger partial charge in [-0.3, -0.25) is 4.79 Å². The number of rotatable bonds is 6. The van der Waals surface area contributed by atoms with Crippen molar-refractivity contribution >= 4 is 18.1 Å². The van der Waals surface area contributed by atoms with Crippen LogP contribution < -0.4 is 5.43 Å². The summed E-state index contributed by atoms with van der Waals surface area (Å²) in [6.07, 6.45) is 1.51. The van der Waals surface area contributed by atoms with E-state index in [0.717, 1.165) is 22.6 Å². The van der Waals surface area contributed by atoms with E-state index in [0.29, 0.717) is 12.2 Å². The van der Waals surface area contributed by atoms with E-state index in [9.17, 15) is 14.0 Å². The molecule has 0 unspecified atom stereocenters. The number of aryl methyl sites for hydroxylation is 1. The van der Waals surface area contributed by atoms with Crippen molar-refractivity contribution < 1.29 is 18.7 Å². The Morgan fingerprint density at radius 3 is 2.63 bits per heavy atom. The number of benzene rings is 2. The Bertz CT molecular complexity index is 1120. The van der Waals surface area contributed by atoms with E-state index in [1.54, 1.807) is 31.2 Å². The Hall–Kier alpha value is -3.74. The van der Waals surface area contributed by atoms with Crippen LogP contribution in [-0.2, 0) is 4.74 Å². The van der Waals surface area contributed by atoms with Crippen LogP contribution in [0.15, 0.2) is 59.7 Å². The minimum Gasteiger partial charge on any atom is -0.462 e. The molecule has 3 rings (SSSR count). The van der Waals surface area contributed by atoms with Gasteiger partial charge in [0.2, 0.25) is 0 Å². The number of nitrogens with one attached hydrogen (secondary N) is 1. The van der Waals surface area contributed by atoms with E-state index in [4.69, 9.17) is 4.74 Å². The van der Waals surface area contributed by atoms with Gasteiger partial charge in [0, 0.05) is 22.6 Å². The van der Waals surface area contributed by atoms with Crippen molar-refractivity contribution in [1.29, 1.82) is 0 Å². The van der Waals surface area contributed by atoms with E-state index in [1.807, 2.05) is 30.5 Å². The summed E-state index contributed by atoms with van der Waals surface area (Å²) in [5.41, 5.74) is 6.13. The lowest BCUT2D eigenvalue weighted by Gasteiger charge is -2.11. The number of nitrogens with zero attached hydrogens (tertiary/aromatic N) is 2. The Kier molecular flexibility index (Phi) is 6.41. The molecule has 3 aromatic rings. The fourth-order valence-corrected chi connectivity index (χ4v) is 3.17. The summed E-state index contributed by atoms with van der Waals surface area (Å²) in [7, 11) is 0. The fraction of sp³-hybridized carbons (Fsp3) is 0.174. The van der Waals surface area contributed by atoms with Gasteiger partial charge in [0.25, 0.3) is 5.91 Å². The second-order valence-corrected chi connectivity index (χ2v) is 6.61. The van der Waals surface area contributed by atoms with E-state index in [-0.39, 0.29) is 11.5 Å². The standard InChI is InChI=1S/C23H22FN3O3/c1-4-30-23(29)17-8-7-9-19(13-17)27-15(2)12-18(16(27)3)14-25-26-22(28)20-10-5-6-11-21(20)24/h5-14H,4H2,1-3H3,(H,26,28)/b25-14-. The zero-order chi connectivity index (χ0) is 21.7. The van der Waals surface area contributed by atoms with Gasteiger partial charge in [0.15, 0.2) is 0 Å². The van der Waals surface area contributed by atoms with Gasteiger partial charge in [-0.1, -0.05) is 18.2 Å². The second kappa shape index (κ2) is 9.17. The normalized spacial score (nSPS) is 10.9. The average molecular weight is 407 g/mol. The largest absolute Gasteiger partial charge is 0.462 e. The monoisotopic (exact) mass is 407 g/mol. The number of carbonyl (C=O) groups is 2. The van der Waals surface area contributed by atoms with Crippen molar-refractivity contribution in [1.82, 2.24) is 9.99 Å². The van der Waals surface area contributed by atoms with Crippen molar-refractivity contribution in [3.63, 3.8) is 0 Å². The quantitative estimate of drug-likeness (QED) is 0.379. The summed E-state index contributed by atoms with van der Waals surface area (Å²) in [4.78, 5) is 24.1. The fourth-order valence-electron chi connectivity index (χ4n) is 3.17. The van der Waals surface area contributed by atoms with Crippen molar-refractivity contribution in [2.24, 2.45) is 5.10 Å². The lowest BCUT2D eigenvalue weighted by atomic mass is 10.2. The van der Waals surface area contributed by atoms with Crippen LogP contribution in [-0.4, -0.2) is 29.3 Å². The topological polar surface area (TPSA) is 72.7 Å². The highest BCUT2D eigenvalue weighted by Crippen LogP contribution is 2.21. The van der Waals surface area contributed by atoms with Crippen molar-refractivity contribution in [3.05, 3.63) is 88.5 Å². The predicted octanol–water partition coefficient (Wildman–Crippen LogP) is 4.17. The zero-order valence-electron chi connectivity index (χ0n) is 17.0. The third-order valence-corrected chi connectivity index (χ3v) is 4.57. The van der Waals surface area contributed by atoms with Crippen LogP contribution >= 0.6 is 0 Å². The lowest BCUT2D eigenvalue weighted by Crippen LogP contribution is -2.19. The maximum absolute atomic E-state index is 13.7. The molecule has 0 aliphatic heterocycles. The molecular formula is C23H22FN3O3. The summed E-state index contributed by atoms with van der Waals surface area (Å²) in [6, 6.07) is 14.8. The van der Waals surface area contributed by atoms with E-state index in [1.165, 1.54) is 24.4 Å². The maximum atomic E-state index is 13.7. The molecule has 0 aliphatic rings. The first kappa shape index (κ1) is 21.0. The summed E-state index contributed by atoms with van der Waals surface area (Å²) in [5, 5.41) is 3.96. The molecule has 30 heavy (non-hydrogen) atoms. The molecule has 0 saturated heterocycles. The number of ether oxygens (including phenoxy) is 1.